The van der Waals surface area contributed by atoms with E-state index in [0.29, 0.717) is 17.7 Å². The molecule has 4 rings (SSSR count). The highest BCUT2D eigenvalue weighted by Crippen LogP contribution is 2.32. The van der Waals surface area contributed by atoms with Gasteiger partial charge in [0.15, 0.2) is 0 Å². The molecule has 4 nitrogen and oxygen atoms in total. The van der Waals surface area contributed by atoms with Crippen LogP contribution in [0.5, 0.6) is 0 Å². The Morgan fingerprint density at radius 1 is 0.962 bits per heavy atom. The van der Waals surface area contributed by atoms with Gasteiger partial charge in [0.1, 0.15) is 5.69 Å². The SMILES string of the molecule is O=C(c1ccccn1)N1CCCC1C1CCN(Cc2ccccc2)CC1. The van der Waals surface area contributed by atoms with Crippen LogP contribution in [0.4, 0.5) is 0 Å². The Morgan fingerprint density at radius 2 is 1.73 bits per heavy atom. The summed E-state index contributed by atoms with van der Waals surface area (Å²) < 4.78 is 0. The number of nitrogens with zero attached hydrogens (tertiary/aromatic N) is 3. The second-order valence-electron chi connectivity index (χ2n) is 7.52. The van der Waals surface area contributed by atoms with Gasteiger partial charge >= 0.3 is 0 Å². The van der Waals surface area contributed by atoms with E-state index in [1.807, 2.05) is 18.2 Å². The molecule has 0 N–H and O–H groups in total. The van der Waals surface area contributed by atoms with Crippen LogP contribution in [0, 0.1) is 5.92 Å². The number of rotatable bonds is 4. The Bertz CT molecular complexity index is 711. The van der Waals surface area contributed by atoms with Gasteiger partial charge in [-0.05, 0) is 62.4 Å². The maximum Gasteiger partial charge on any atom is 0.272 e. The summed E-state index contributed by atoms with van der Waals surface area (Å²) in [4.78, 5) is 21.8. The minimum absolute atomic E-state index is 0.111. The third-order valence-electron chi connectivity index (χ3n) is 5.87. The lowest BCUT2D eigenvalue weighted by Crippen LogP contribution is -2.44. The van der Waals surface area contributed by atoms with Crippen LogP contribution in [0.1, 0.15) is 41.7 Å². The first-order valence-electron chi connectivity index (χ1n) is 9.79. The summed E-state index contributed by atoms with van der Waals surface area (Å²) in [6.07, 6.45) is 6.34. The molecule has 1 amide bonds. The lowest BCUT2D eigenvalue weighted by atomic mass is 9.87. The highest BCUT2D eigenvalue weighted by Gasteiger charge is 2.36. The van der Waals surface area contributed by atoms with E-state index in [2.05, 4.69) is 45.1 Å². The van der Waals surface area contributed by atoms with Crippen molar-refractivity contribution in [3.8, 4) is 0 Å². The molecule has 3 heterocycles. The Labute approximate surface area is 155 Å². The van der Waals surface area contributed by atoms with Crippen molar-refractivity contribution in [3.05, 3.63) is 66.0 Å². The van der Waals surface area contributed by atoms with Gasteiger partial charge in [0.05, 0.1) is 0 Å². The number of likely N-dealkylation sites (tertiary alicyclic amines) is 2. The molecule has 0 saturated carbocycles. The predicted molar refractivity (Wildman–Crippen MR) is 103 cm³/mol. The Morgan fingerprint density at radius 3 is 2.46 bits per heavy atom. The van der Waals surface area contributed by atoms with Crippen molar-refractivity contribution in [2.75, 3.05) is 19.6 Å². The second-order valence-corrected chi connectivity index (χ2v) is 7.52. The van der Waals surface area contributed by atoms with Crippen LogP contribution < -0.4 is 0 Å². The molecular weight excluding hydrogens is 322 g/mol. The molecule has 4 heteroatoms. The predicted octanol–water partition coefficient (Wildman–Crippen LogP) is 3.60. The van der Waals surface area contributed by atoms with Crippen molar-refractivity contribution in [1.82, 2.24) is 14.8 Å². The van der Waals surface area contributed by atoms with E-state index in [1.54, 1.807) is 6.20 Å². The maximum atomic E-state index is 12.9. The summed E-state index contributed by atoms with van der Waals surface area (Å²) in [5.41, 5.74) is 1.97. The van der Waals surface area contributed by atoms with Crippen LogP contribution in [-0.2, 0) is 6.54 Å². The largest absolute Gasteiger partial charge is 0.334 e. The first-order chi connectivity index (χ1) is 12.8. The Balaban J connectivity index is 1.35. The first-order valence-corrected chi connectivity index (χ1v) is 9.79. The molecule has 2 fully saturated rings. The van der Waals surface area contributed by atoms with Gasteiger partial charge < -0.3 is 4.90 Å². The van der Waals surface area contributed by atoms with E-state index in [9.17, 15) is 4.79 Å². The summed E-state index contributed by atoms with van der Waals surface area (Å²) in [5, 5.41) is 0. The minimum atomic E-state index is 0.111. The molecule has 0 spiro atoms. The fourth-order valence-electron chi connectivity index (χ4n) is 4.51. The zero-order valence-corrected chi connectivity index (χ0v) is 15.3. The van der Waals surface area contributed by atoms with Crippen LogP contribution in [0.3, 0.4) is 0 Å². The zero-order chi connectivity index (χ0) is 17.8. The van der Waals surface area contributed by atoms with E-state index in [1.165, 1.54) is 18.4 Å². The molecule has 2 saturated heterocycles. The molecule has 136 valence electrons. The number of aromatic nitrogens is 1. The van der Waals surface area contributed by atoms with Gasteiger partial charge in [-0.1, -0.05) is 36.4 Å². The fraction of sp³-hybridized carbons (Fsp3) is 0.455. The molecule has 0 radical (unpaired) electrons. The van der Waals surface area contributed by atoms with Crippen molar-refractivity contribution in [1.29, 1.82) is 0 Å². The lowest BCUT2D eigenvalue weighted by Gasteiger charge is -2.38. The number of carbonyl (C=O) groups is 1. The average Bonchev–Trinajstić information content (AvgIpc) is 3.19. The molecule has 0 bridgehead atoms. The number of piperidine rings is 1. The van der Waals surface area contributed by atoms with Gasteiger partial charge in [-0.2, -0.15) is 0 Å². The third kappa shape index (κ3) is 3.80. The standard InChI is InChI=1S/C22H27N3O/c26-22(20-9-4-5-13-23-20)25-14-6-10-21(25)19-11-15-24(16-12-19)17-18-7-2-1-3-8-18/h1-5,7-9,13,19,21H,6,10-12,14-17H2. The van der Waals surface area contributed by atoms with Gasteiger partial charge in [0.25, 0.3) is 5.91 Å². The van der Waals surface area contributed by atoms with Crippen molar-refractivity contribution in [2.24, 2.45) is 5.92 Å². The Kier molecular flexibility index (Phi) is 5.30. The van der Waals surface area contributed by atoms with Crippen LogP contribution in [0.15, 0.2) is 54.7 Å². The highest BCUT2D eigenvalue weighted by molar-refractivity contribution is 5.92. The molecule has 26 heavy (non-hydrogen) atoms. The van der Waals surface area contributed by atoms with Crippen molar-refractivity contribution < 1.29 is 4.79 Å². The fourth-order valence-corrected chi connectivity index (χ4v) is 4.51. The summed E-state index contributed by atoms with van der Waals surface area (Å²) in [6.45, 7) is 4.17. The smallest absolute Gasteiger partial charge is 0.272 e. The van der Waals surface area contributed by atoms with Crippen LogP contribution in [0.2, 0.25) is 0 Å². The number of pyridine rings is 1. The van der Waals surface area contributed by atoms with E-state index >= 15 is 0 Å². The highest BCUT2D eigenvalue weighted by atomic mass is 16.2. The summed E-state index contributed by atoms with van der Waals surface area (Å²) >= 11 is 0. The quantitative estimate of drug-likeness (QED) is 0.846. The van der Waals surface area contributed by atoms with E-state index in [0.717, 1.165) is 39.0 Å². The third-order valence-corrected chi connectivity index (χ3v) is 5.87. The monoisotopic (exact) mass is 349 g/mol. The van der Waals surface area contributed by atoms with Gasteiger partial charge in [-0.15, -0.1) is 0 Å². The van der Waals surface area contributed by atoms with E-state index < -0.39 is 0 Å². The molecule has 0 aliphatic carbocycles. The molecule has 2 aromatic rings. The van der Waals surface area contributed by atoms with Crippen molar-refractivity contribution in [2.45, 2.75) is 38.3 Å². The van der Waals surface area contributed by atoms with Crippen LogP contribution in [0.25, 0.3) is 0 Å². The van der Waals surface area contributed by atoms with Crippen molar-refractivity contribution in [3.63, 3.8) is 0 Å². The summed E-state index contributed by atoms with van der Waals surface area (Å²) in [7, 11) is 0. The first kappa shape index (κ1) is 17.2. The second kappa shape index (κ2) is 8.00. The molecule has 1 aromatic heterocycles. The van der Waals surface area contributed by atoms with E-state index in [-0.39, 0.29) is 5.91 Å². The van der Waals surface area contributed by atoms with Gasteiger partial charge in [0.2, 0.25) is 0 Å². The number of hydrogen-bond acceptors (Lipinski definition) is 3. The molecule has 2 aliphatic rings. The maximum absolute atomic E-state index is 12.9. The molecule has 1 unspecified atom stereocenters. The lowest BCUT2D eigenvalue weighted by molar-refractivity contribution is 0.0609. The zero-order valence-electron chi connectivity index (χ0n) is 15.3. The van der Waals surface area contributed by atoms with Crippen LogP contribution in [-0.4, -0.2) is 46.4 Å². The molecular formula is C22H27N3O. The molecule has 2 aliphatic heterocycles. The topological polar surface area (TPSA) is 36.4 Å². The number of amides is 1. The Hall–Kier alpha value is -2.20. The summed E-state index contributed by atoms with van der Waals surface area (Å²) in [5.74, 6) is 0.733. The normalized spacial score (nSPS) is 21.8. The van der Waals surface area contributed by atoms with Crippen LogP contribution >= 0.6 is 0 Å². The molecule has 1 atom stereocenters. The number of carbonyl (C=O) groups excluding carboxylic acids is 1. The minimum Gasteiger partial charge on any atom is -0.334 e. The average molecular weight is 349 g/mol. The van der Waals surface area contributed by atoms with E-state index in [4.69, 9.17) is 0 Å². The van der Waals surface area contributed by atoms with Gasteiger partial charge in [-0.25, -0.2) is 0 Å². The number of benzene rings is 1. The van der Waals surface area contributed by atoms with Crippen molar-refractivity contribution >= 4 is 5.91 Å². The summed E-state index contributed by atoms with van der Waals surface area (Å²) in [6, 6.07) is 16.7. The van der Waals surface area contributed by atoms with Gasteiger partial charge in [-0.3, -0.25) is 14.7 Å². The molecule has 1 aromatic carbocycles. The van der Waals surface area contributed by atoms with Gasteiger partial charge in [0, 0.05) is 25.3 Å². The number of hydrogen-bond donors (Lipinski definition) is 0.